The highest BCUT2D eigenvalue weighted by Gasteiger charge is 2.26. The van der Waals surface area contributed by atoms with Crippen LogP contribution in [-0.4, -0.2) is 38.3 Å². The Morgan fingerprint density at radius 3 is 2.36 bits per heavy atom. The smallest absolute Gasteiger partial charge is 0.240 e. The Labute approximate surface area is 130 Å². The van der Waals surface area contributed by atoms with E-state index in [-0.39, 0.29) is 5.41 Å². The van der Waals surface area contributed by atoms with Gasteiger partial charge in [0.1, 0.15) is 0 Å². The maximum Gasteiger partial charge on any atom is 0.240 e. The van der Waals surface area contributed by atoms with Crippen LogP contribution in [0.25, 0.3) is 0 Å². The number of likely N-dealkylation sites (tertiary alicyclic amines) is 1. The molecule has 0 N–H and O–H groups in total. The first-order valence-corrected chi connectivity index (χ1v) is 7.77. The van der Waals surface area contributed by atoms with E-state index in [0.29, 0.717) is 24.2 Å². The summed E-state index contributed by atoms with van der Waals surface area (Å²) in [7, 11) is 0. The predicted molar refractivity (Wildman–Crippen MR) is 79.3 cm³/mol. The zero-order valence-corrected chi connectivity index (χ0v) is 13.7. The third-order valence-corrected chi connectivity index (χ3v) is 3.98. The minimum absolute atomic E-state index is 0.0788. The normalized spacial score (nSPS) is 18.0. The molecule has 1 aliphatic rings. The molecule has 0 atom stereocenters. The van der Waals surface area contributed by atoms with E-state index in [0.717, 1.165) is 37.6 Å². The Morgan fingerprint density at radius 2 is 1.82 bits per heavy atom. The summed E-state index contributed by atoms with van der Waals surface area (Å²) in [5, 5.41) is 7.94. The molecule has 0 unspecified atom stereocenters. The Morgan fingerprint density at radius 1 is 1.09 bits per heavy atom. The zero-order chi connectivity index (χ0) is 15.7. The van der Waals surface area contributed by atoms with E-state index in [4.69, 9.17) is 9.05 Å². The van der Waals surface area contributed by atoms with E-state index in [1.54, 1.807) is 0 Å². The van der Waals surface area contributed by atoms with Gasteiger partial charge in [-0.25, -0.2) is 0 Å². The number of aryl methyl sites for hydroxylation is 1. The molecule has 7 nitrogen and oxygen atoms in total. The second kappa shape index (κ2) is 5.79. The van der Waals surface area contributed by atoms with Gasteiger partial charge in [0.2, 0.25) is 11.8 Å². The van der Waals surface area contributed by atoms with Crippen LogP contribution in [0.4, 0.5) is 0 Å². The summed E-state index contributed by atoms with van der Waals surface area (Å²) in [6, 6.07) is 0. The molecule has 3 rings (SSSR count). The molecule has 1 aliphatic heterocycles. The standard InChI is InChI=1S/C15H23N5O2/c1-10-16-13(22-18-10)11-5-7-20(8-6-11)9-12-17-14(19-21-12)15(2,3)4/h11H,5-9H2,1-4H3. The monoisotopic (exact) mass is 305 g/mol. The third kappa shape index (κ3) is 3.35. The van der Waals surface area contributed by atoms with Gasteiger partial charge in [0.15, 0.2) is 11.6 Å². The molecule has 0 radical (unpaired) electrons. The van der Waals surface area contributed by atoms with E-state index in [9.17, 15) is 0 Å². The summed E-state index contributed by atoms with van der Waals surface area (Å²) in [4.78, 5) is 11.2. The number of hydrogen-bond donors (Lipinski definition) is 0. The maximum atomic E-state index is 5.37. The molecule has 1 saturated heterocycles. The van der Waals surface area contributed by atoms with E-state index < -0.39 is 0 Å². The van der Waals surface area contributed by atoms with E-state index >= 15 is 0 Å². The highest BCUT2D eigenvalue weighted by atomic mass is 16.5. The maximum absolute atomic E-state index is 5.37. The van der Waals surface area contributed by atoms with Gasteiger partial charge >= 0.3 is 0 Å². The summed E-state index contributed by atoms with van der Waals surface area (Å²) in [6.45, 7) is 10.8. The lowest BCUT2D eigenvalue weighted by atomic mass is 9.96. The quantitative estimate of drug-likeness (QED) is 0.861. The Kier molecular flexibility index (Phi) is 3.99. The van der Waals surface area contributed by atoms with Crippen molar-refractivity contribution in [2.45, 2.75) is 58.4 Å². The summed E-state index contributed by atoms with van der Waals surface area (Å²) in [5.74, 6) is 3.30. The molecule has 0 aromatic carbocycles. The molecular formula is C15H23N5O2. The van der Waals surface area contributed by atoms with Crippen LogP contribution in [0.2, 0.25) is 0 Å². The summed E-state index contributed by atoms with van der Waals surface area (Å²) in [5.41, 5.74) is -0.0788. The molecule has 7 heteroatoms. The molecule has 0 saturated carbocycles. The van der Waals surface area contributed by atoms with E-state index in [1.807, 2.05) is 6.92 Å². The number of hydrogen-bond acceptors (Lipinski definition) is 7. The molecule has 0 aliphatic carbocycles. The lowest BCUT2D eigenvalue weighted by Crippen LogP contribution is -2.32. The first-order chi connectivity index (χ1) is 10.4. The van der Waals surface area contributed by atoms with Crippen molar-refractivity contribution in [2.75, 3.05) is 13.1 Å². The highest BCUT2D eigenvalue weighted by Crippen LogP contribution is 2.27. The minimum atomic E-state index is -0.0788. The molecular weight excluding hydrogens is 282 g/mol. The van der Waals surface area contributed by atoms with E-state index in [2.05, 4.69) is 46.0 Å². The van der Waals surface area contributed by atoms with Crippen LogP contribution in [-0.2, 0) is 12.0 Å². The van der Waals surface area contributed by atoms with Gasteiger partial charge in [-0.1, -0.05) is 31.1 Å². The van der Waals surface area contributed by atoms with Crippen molar-refractivity contribution in [3.05, 3.63) is 23.4 Å². The topological polar surface area (TPSA) is 81.1 Å². The van der Waals surface area contributed by atoms with Gasteiger partial charge in [-0.15, -0.1) is 0 Å². The van der Waals surface area contributed by atoms with Gasteiger partial charge in [-0.3, -0.25) is 4.90 Å². The fourth-order valence-corrected chi connectivity index (χ4v) is 2.63. The molecule has 0 spiro atoms. The van der Waals surface area contributed by atoms with Gasteiger partial charge < -0.3 is 9.05 Å². The van der Waals surface area contributed by atoms with Crippen molar-refractivity contribution < 1.29 is 9.05 Å². The number of rotatable bonds is 3. The van der Waals surface area contributed by atoms with Crippen LogP contribution < -0.4 is 0 Å². The van der Waals surface area contributed by atoms with Gasteiger partial charge in [-0.2, -0.15) is 9.97 Å². The fourth-order valence-electron chi connectivity index (χ4n) is 2.63. The van der Waals surface area contributed by atoms with Crippen molar-refractivity contribution in [3.63, 3.8) is 0 Å². The van der Waals surface area contributed by atoms with Crippen molar-refractivity contribution >= 4 is 0 Å². The summed E-state index contributed by atoms with van der Waals surface area (Å²) < 4.78 is 10.6. The Balaban J connectivity index is 1.55. The first kappa shape index (κ1) is 15.1. The van der Waals surface area contributed by atoms with Gasteiger partial charge in [0, 0.05) is 11.3 Å². The van der Waals surface area contributed by atoms with Crippen molar-refractivity contribution in [3.8, 4) is 0 Å². The number of piperidine rings is 1. The SMILES string of the molecule is Cc1noc(C2CCN(Cc3nc(C(C)(C)C)no3)CC2)n1. The van der Waals surface area contributed by atoms with Crippen molar-refractivity contribution in [1.82, 2.24) is 25.2 Å². The number of nitrogens with zero attached hydrogens (tertiary/aromatic N) is 5. The molecule has 1 fully saturated rings. The van der Waals surface area contributed by atoms with Gasteiger partial charge in [0.25, 0.3) is 0 Å². The van der Waals surface area contributed by atoms with Crippen molar-refractivity contribution in [1.29, 1.82) is 0 Å². The predicted octanol–water partition coefficient (Wildman–Crippen LogP) is 2.44. The second-order valence-electron chi connectivity index (χ2n) is 6.99. The van der Waals surface area contributed by atoms with Crippen LogP contribution in [0.5, 0.6) is 0 Å². The Hall–Kier alpha value is -1.76. The summed E-state index contributed by atoms with van der Waals surface area (Å²) >= 11 is 0. The lowest BCUT2D eigenvalue weighted by Gasteiger charge is -2.28. The molecule has 2 aromatic heterocycles. The average molecular weight is 305 g/mol. The number of aromatic nitrogens is 4. The van der Waals surface area contributed by atoms with Gasteiger partial charge in [-0.05, 0) is 32.9 Å². The van der Waals surface area contributed by atoms with Crippen LogP contribution in [0.15, 0.2) is 9.05 Å². The third-order valence-electron chi connectivity index (χ3n) is 3.98. The van der Waals surface area contributed by atoms with Crippen LogP contribution in [0.1, 0.15) is 63.0 Å². The van der Waals surface area contributed by atoms with Crippen LogP contribution >= 0.6 is 0 Å². The van der Waals surface area contributed by atoms with Gasteiger partial charge in [0.05, 0.1) is 6.54 Å². The molecule has 0 amide bonds. The molecule has 3 heterocycles. The average Bonchev–Trinajstić information content (AvgIpc) is 3.08. The fraction of sp³-hybridized carbons (Fsp3) is 0.733. The largest absolute Gasteiger partial charge is 0.339 e. The summed E-state index contributed by atoms with van der Waals surface area (Å²) in [6.07, 6.45) is 2.03. The van der Waals surface area contributed by atoms with E-state index in [1.165, 1.54) is 0 Å². The highest BCUT2D eigenvalue weighted by molar-refractivity contribution is 5.00. The van der Waals surface area contributed by atoms with Crippen LogP contribution in [0, 0.1) is 6.92 Å². The molecule has 120 valence electrons. The Bertz CT molecular complexity index is 620. The first-order valence-electron chi connectivity index (χ1n) is 7.77. The minimum Gasteiger partial charge on any atom is -0.339 e. The van der Waals surface area contributed by atoms with Crippen molar-refractivity contribution in [2.24, 2.45) is 0 Å². The van der Waals surface area contributed by atoms with Crippen LogP contribution in [0.3, 0.4) is 0 Å². The zero-order valence-electron chi connectivity index (χ0n) is 13.7. The molecule has 22 heavy (non-hydrogen) atoms. The molecule has 0 bridgehead atoms. The molecule has 2 aromatic rings. The second-order valence-corrected chi connectivity index (χ2v) is 6.99. The lowest BCUT2D eigenvalue weighted by molar-refractivity contribution is 0.168.